The minimum atomic E-state index is -1.03. The van der Waals surface area contributed by atoms with E-state index in [1.54, 1.807) is 54.7 Å². The molecule has 1 rings (SSSR count). The summed E-state index contributed by atoms with van der Waals surface area (Å²) in [4.78, 5) is 11.0. The molecule has 0 aliphatic heterocycles. The summed E-state index contributed by atoms with van der Waals surface area (Å²) in [7, 11) is 1.34. The molecule has 158 valence electrons. The number of methoxy groups -OCH3 is 1. The van der Waals surface area contributed by atoms with Gasteiger partial charge >= 0.3 is 5.97 Å². The fraction of sp³-hybridized carbons (Fsp3) is 0.348. The summed E-state index contributed by atoms with van der Waals surface area (Å²) in [6.07, 6.45) is 12.1. The number of para-hydroxylation sites is 1. The summed E-state index contributed by atoms with van der Waals surface area (Å²) >= 11 is 0. The molecule has 6 heteroatoms. The third-order valence-corrected chi connectivity index (χ3v) is 3.86. The highest BCUT2D eigenvalue weighted by Gasteiger charge is 2.13. The number of benzene rings is 1. The minimum Gasteiger partial charge on any atom is -0.491 e. The Labute approximate surface area is 172 Å². The van der Waals surface area contributed by atoms with E-state index in [0.717, 1.165) is 0 Å². The van der Waals surface area contributed by atoms with E-state index < -0.39 is 18.3 Å². The highest BCUT2D eigenvalue weighted by atomic mass is 16.5. The lowest BCUT2D eigenvalue weighted by atomic mass is 10.1. The maximum absolute atomic E-state index is 11.0. The van der Waals surface area contributed by atoms with Gasteiger partial charge in [-0.1, -0.05) is 66.8 Å². The van der Waals surface area contributed by atoms with Crippen molar-refractivity contribution >= 4 is 5.97 Å². The minimum absolute atomic E-state index is 0.00805. The van der Waals surface area contributed by atoms with Crippen molar-refractivity contribution in [3.63, 3.8) is 0 Å². The molecule has 3 atom stereocenters. The monoisotopic (exact) mass is 402 g/mol. The molecular formula is C23H30O6. The van der Waals surface area contributed by atoms with Crippen LogP contribution in [0.5, 0.6) is 5.75 Å². The smallest absolute Gasteiger partial charge is 0.305 e. The lowest BCUT2D eigenvalue weighted by molar-refractivity contribution is -0.140. The normalized spacial score (nSPS) is 15.3. The number of ether oxygens (including phenoxy) is 2. The van der Waals surface area contributed by atoms with Crippen molar-refractivity contribution in [2.45, 2.75) is 37.6 Å². The van der Waals surface area contributed by atoms with Gasteiger partial charge < -0.3 is 24.8 Å². The van der Waals surface area contributed by atoms with Gasteiger partial charge in [0.05, 0.1) is 13.2 Å². The second-order valence-electron chi connectivity index (χ2n) is 6.26. The van der Waals surface area contributed by atoms with Crippen molar-refractivity contribution in [1.29, 1.82) is 0 Å². The Hall–Kier alpha value is -2.67. The highest BCUT2D eigenvalue weighted by molar-refractivity contribution is 5.68. The molecule has 0 spiro atoms. The molecule has 0 radical (unpaired) electrons. The van der Waals surface area contributed by atoms with Crippen LogP contribution in [0.15, 0.2) is 78.9 Å². The summed E-state index contributed by atoms with van der Waals surface area (Å²) in [6, 6.07) is 9.09. The molecule has 0 saturated carbocycles. The molecule has 0 unspecified atom stereocenters. The van der Waals surface area contributed by atoms with Crippen molar-refractivity contribution in [2.75, 3.05) is 13.7 Å². The molecule has 29 heavy (non-hydrogen) atoms. The molecule has 0 heterocycles. The third kappa shape index (κ3) is 12.4. The first-order chi connectivity index (χ1) is 14.0. The van der Waals surface area contributed by atoms with Crippen molar-refractivity contribution in [3.05, 3.63) is 78.9 Å². The van der Waals surface area contributed by atoms with Crippen LogP contribution >= 0.6 is 0 Å². The van der Waals surface area contributed by atoms with Crippen LogP contribution < -0.4 is 4.74 Å². The number of hydrogen-bond donors (Lipinski definition) is 3. The van der Waals surface area contributed by atoms with Gasteiger partial charge in [-0.2, -0.15) is 0 Å². The molecule has 6 nitrogen and oxygen atoms in total. The summed E-state index contributed by atoms with van der Waals surface area (Å²) in [5, 5.41) is 29.5. The number of carbonyl (C=O) groups is 1. The van der Waals surface area contributed by atoms with Crippen molar-refractivity contribution in [1.82, 2.24) is 0 Å². The lowest BCUT2D eigenvalue weighted by Crippen LogP contribution is -2.30. The first kappa shape index (κ1) is 24.4. The van der Waals surface area contributed by atoms with Gasteiger partial charge in [-0.3, -0.25) is 4.79 Å². The van der Waals surface area contributed by atoms with Gasteiger partial charge in [0.2, 0.25) is 0 Å². The van der Waals surface area contributed by atoms with Crippen LogP contribution in [0.2, 0.25) is 0 Å². The maximum Gasteiger partial charge on any atom is 0.305 e. The van der Waals surface area contributed by atoms with Gasteiger partial charge in [0.15, 0.2) is 0 Å². The largest absolute Gasteiger partial charge is 0.491 e. The van der Waals surface area contributed by atoms with E-state index in [1.807, 2.05) is 18.2 Å². The van der Waals surface area contributed by atoms with Crippen LogP contribution in [0.3, 0.4) is 0 Å². The van der Waals surface area contributed by atoms with Crippen molar-refractivity contribution in [3.8, 4) is 5.75 Å². The topological polar surface area (TPSA) is 96.2 Å². The average Bonchev–Trinajstić information content (AvgIpc) is 2.74. The molecule has 0 amide bonds. The zero-order valence-electron chi connectivity index (χ0n) is 16.6. The predicted molar refractivity (Wildman–Crippen MR) is 112 cm³/mol. The first-order valence-electron chi connectivity index (χ1n) is 9.50. The van der Waals surface area contributed by atoms with Crippen LogP contribution in [0.1, 0.15) is 19.3 Å². The van der Waals surface area contributed by atoms with Crippen LogP contribution in [0.4, 0.5) is 0 Å². The van der Waals surface area contributed by atoms with Crippen LogP contribution in [-0.4, -0.2) is 53.3 Å². The maximum atomic E-state index is 11.0. The zero-order chi connectivity index (χ0) is 21.3. The molecule has 0 bridgehead atoms. The standard InChI is InChI=1S/C23H30O6/c1-28-23(27)17-11-13-19(24)12-7-4-2-3-5-10-16-21(25)22(26)18-29-20-14-8-6-9-15-20/h2-10,12,14-16,19,21-22,24-26H,11,13,17-18H2,1H3/b4-2-,5-3+,12-7+,16-10+/t19-,21-,22-/m1/s1. The van der Waals surface area contributed by atoms with E-state index in [-0.39, 0.29) is 12.6 Å². The summed E-state index contributed by atoms with van der Waals surface area (Å²) < 4.78 is 9.93. The van der Waals surface area contributed by atoms with Crippen LogP contribution in [0.25, 0.3) is 0 Å². The van der Waals surface area contributed by atoms with E-state index in [2.05, 4.69) is 4.74 Å². The lowest BCUT2D eigenvalue weighted by Gasteiger charge is -2.15. The fourth-order valence-corrected chi connectivity index (χ4v) is 2.21. The molecule has 0 saturated heterocycles. The van der Waals surface area contributed by atoms with Gasteiger partial charge in [0.25, 0.3) is 0 Å². The fourth-order valence-electron chi connectivity index (χ4n) is 2.21. The number of rotatable bonds is 13. The van der Waals surface area contributed by atoms with Crippen LogP contribution in [0, 0.1) is 0 Å². The molecule has 0 aliphatic carbocycles. The van der Waals surface area contributed by atoms with Gasteiger partial charge in [-0.15, -0.1) is 0 Å². The summed E-state index contributed by atoms with van der Waals surface area (Å²) in [5.74, 6) is 0.357. The van der Waals surface area contributed by atoms with E-state index in [9.17, 15) is 20.1 Å². The second kappa shape index (κ2) is 15.3. The number of carbonyl (C=O) groups excluding carboxylic acids is 1. The molecular weight excluding hydrogens is 372 g/mol. The third-order valence-electron chi connectivity index (χ3n) is 3.86. The Morgan fingerprint density at radius 2 is 1.59 bits per heavy atom. The highest BCUT2D eigenvalue weighted by Crippen LogP contribution is 2.09. The summed E-state index contributed by atoms with van der Waals surface area (Å²) in [5.41, 5.74) is 0. The Kier molecular flexibility index (Phi) is 12.8. The predicted octanol–water partition coefficient (Wildman–Crippen LogP) is 2.72. The SMILES string of the molecule is COC(=O)CCC[C@H](O)/C=C/C=C\C=C\C=C\[C@@H](O)[C@H](O)COc1ccccc1. The first-order valence-corrected chi connectivity index (χ1v) is 9.50. The van der Waals surface area contributed by atoms with Gasteiger partial charge in [0.1, 0.15) is 24.6 Å². The molecule has 1 aromatic carbocycles. The van der Waals surface area contributed by atoms with Gasteiger partial charge in [-0.05, 0) is 25.0 Å². The molecule has 0 aliphatic rings. The molecule has 3 N–H and O–H groups in total. The summed E-state index contributed by atoms with van der Waals surface area (Å²) in [6.45, 7) is -0.00805. The van der Waals surface area contributed by atoms with E-state index in [1.165, 1.54) is 13.2 Å². The Morgan fingerprint density at radius 1 is 0.966 bits per heavy atom. The van der Waals surface area contributed by atoms with E-state index in [4.69, 9.17) is 4.74 Å². The zero-order valence-corrected chi connectivity index (χ0v) is 16.6. The second-order valence-corrected chi connectivity index (χ2v) is 6.26. The van der Waals surface area contributed by atoms with E-state index in [0.29, 0.717) is 25.0 Å². The number of hydrogen-bond acceptors (Lipinski definition) is 6. The van der Waals surface area contributed by atoms with Crippen LogP contribution in [-0.2, 0) is 9.53 Å². The molecule has 1 aromatic rings. The number of allylic oxidation sites excluding steroid dienone is 6. The Morgan fingerprint density at radius 3 is 2.24 bits per heavy atom. The van der Waals surface area contributed by atoms with Crippen molar-refractivity contribution in [2.24, 2.45) is 0 Å². The quantitative estimate of drug-likeness (QED) is 0.347. The Balaban J connectivity index is 2.22. The molecule has 0 fully saturated rings. The van der Waals surface area contributed by atoms with Gasteiger partial charge in [-0.25, -0.2) is 0 Å². The molecule has 0 aromatic heterocycles. The average molecular weight is 402 g/mol. The Bertz CT molecular complexity index is 678. The van der Waals surface area contributed by atoms with Gasteiger partial charge in [0, 0.05) is 6.42 Å². The van der Waals surface area contributed by atoms with E-state index >= 15 is 0 Å². The number of esters is 1. The number of aliphatic hydroxyl groups is 3. The van der Waals surface area contributed by atoms with Crippen molar-refractivity contribution < 1.29 is 29.6 Å². The number of aliphatic hydroxyl groups excluding tert-OH is 3.